The largest absolute Gasteiger partial charge is 0.356 e. The fraction of sp³-hybridized carbons (Fsp3) is 0.357. The molecule has 0 bridgehead atoms. The van der Waals surface area contributed by atoms with Crippen molar-refractivity contribution in [1.82, 2.24) is 5.16 Å². The highest BCUT2D eigenvalue weighted by Crippen LogP contribution is 2.43. The van der Waals surface area contributed by atoms with E-state index in [0.717, 1.165) is 34.3 Å². The van der Waals surface area contributed by atoms with E-state index in [4.69, 9.17) is 10.3 Å². The molecule has 1 aliphatic rings. The van der Waals surface area contributed by atoms with Gasteiger partial charge in [0, 0.05) is 28.1 Å². The third-order valence-electron chi connectivity index (χ3n) is 3.88. The second kappa shape index (κ2) is 4.52. The molecule has 94 valence electrons. The van der Waals surface area contributed by atoms with E-state index < -0.39 is 0 Å². The molecule has 0 spiro atoms. The van der Waals surface area contributed by atoms with Gasteiger partial charge in [-0.1, -0.05) is 39.6 Å². The number of nitrogens with zero attached hydrogens (tertiary/aromatic N) is 1. The van der Waals surface area contributed by atoms with E-state index in [1.54, 1.807) is 0 Å². The highest BCUT2D eigenvalue weighted by molar-refractivity contribution is 9.10. The van der Waals surface area contributed by atoms with Crippen LogP contribution in [0.3, 0.4) is 0 Å². The molecule has 1 aromatic heterocycles. The molecule has 1 fully saturated rings. The minimum Gasteiger partial charge on any atom is -0.356 e. The Labute approximate surface area is 114 Å². The van der Waals surface area contributed by atoms with Crippen LogP contribution >= 0.6 is 15.9 Å². The lowest BCUT2D eigenvalue weighted by atomic mass is 9.66. The zero-order valence-electron chi connectivity index (χ0n) is 10.0. The number of hydrogen-bond acceptors (Lipinski definition) is 3. The van der Waals surface area contributed by atoms with E-state index in [1.807, 2.05) is 30.3 Å². The molecular formula is C14H15BrN2O. The minimum atomic E-state index is 0.0666. The predicted molar refractivity (Wildman–Crippen MR) is 74.2 cm³/mol. The van der Waals surface area contributed by atoms with Gasteiger partial charge in [-0.2, -0.15) is 0 Å². The summed E-state index contributed by atoms with van der Waals surface area (Å²) < 4.78 is 6.51. The van der Waals surface area contributed by atoms with Crippen molar-refractivity contribution in [3.8, 4) is 11.3 Å². The lowest BCUT2D eigenvalue weighted by Gasteiger charge is -2.38. The lowest BCUT2D eigenvalue weighted by Crippen LogP contribution is -2.41. The first-order chi connectivity index (χ1) is 8.73. The molecule has 2 N–H and O–H groups in total. The van der Waals surface area contributed by atoms with Crippen molar-refractivity contribution in [2.24, 2.45) is 5.73 Å². The molecule has 0 atom stereocenters. The van der Waals surface area contributed by atoms with Gasteiger partial charge in [0.25, 0.3) is 0 Å². The fourth-order valence-corrected chi connectivity index (χ4v) is 2.71. The van der Waals surface area contributed by atoms with E-state index >= 15 is 0 Å². The maximum absolute atomic E-state index is 5.88. The fourth-order valence-electron chi connectivity index (χ4n) is 2.44. The molecule has 0 unspecified atom stereocenters. The number of nitrogens with two attached hydrogens (primary N) is 1. The van der Waals surface area contributed by atoms with Crippen LogP contribution in [-0.4, -0.2) is 11.7 Å². The third kappa shape index (κ3) is 1.89. The molecule has 2 aromatic rings. The van der Waals surface area contributed by atoms with Crippen molar-refractivity contribution in [2.75, 3.05) is 6.54 Å². The average molecular weight is 307 g/mol. The van der Waals surface area contributed by atoms with Gasteiger partial charge in [-0.25, -0.2) is 0 Å². The second-order valence-corrected chi connectivity index (χ2v) is 5.84. The SMILES string of the molecule is NCC1(c2cc(-c3ccc(Br)cc3)on2)CCC1. The summed E-state index contributed by atoms with van der Waals surface area (Å²) >= 11 is 3.42. The van der Waals surface area contributed by atoms with Gasteiger partial charge in [0.1, 0.15) is 0 Å². The number of hydrogen-bond donors (Lipinski definition) is 1. The Kier molecular flexibility index (Phi) is 2.99. The maximum Gasteiger partial charge on any atom is 0.167 e. The standard InChI is InChI=1S/C14H15BrN2O/c15-11-4-2-10(3-5-11)12-8-13(17-18-12)14(9-16)6-1-7-14/h2-5,8H,1,6-7,9,16H2. The van der Waals surface area contributed by atoms with Crippen LogP contribution in [0.4, 0.5) is 0 Å². The van der Waals surface area contributed by atoms with Crippen LogP contribution in [0.15, 0.2) is 39.3 Å². The molecule has 1 saturated carbocycles. The van der Waals surface area contributed by atoms with E-state index in [-0.39, 0.29) is 5.41 Å². The first kappa shape index (κ1) is 11.9. The zero-order chi connectivity index (χ0) is 12.6. The molecule has 0 amide bonds. The smallest absolute Gasteiger partial charge is 0.167 e. The Morgan fingerprint density at radius 2 is 2.00 bits per heavy atom. The van der Waals surface area contributed by atoms with Crippen molar-refractivity contribution in [1.29, 1.82) is 0 Å². The Bertz CT molecular complexity index is 538. The van der Waals surface area contributed by atoms with Crippen molar-refractivity contribution in [2.45, 2.75) is 24.7 Å². The van der Waals surface area contributed by atoms with E-state index in [2.05, 4.69) is 21.1 Å². The highest BCUT2D eigenvalue weighted by Gasteiger charge is 2.40. The van der Waals surface area contributed by atoms with Crippen LogP contribution < -0.4 is 5.73 Å². The number of aromatic nitrogens is 1. The Hall–Kier alpha value is -1.13. The van der Waals surface area contributed by atoms with Gasteiger partial charge in [0.2, 0.25) is 0 Å². The predicted octanol–water partition coefficient (Wildman–Crippen LogP) is 3.48. The second-order valence-electron chi connectivity index (χ2n) is 4.92. The summed E-state index contributed by atoms with van der Waals surface area (Å²) in [7, 11) is 0. The number of rotatable bonds is 3. The van der Waals surface area contributed by atoms with Gasteiger partial charge in [0.05, 0.1) is 5.69 Å². The zero-order valence-corrected chi connectivity index (χ0v) is 11.6. The minimum absolute atomic E-state index is 0.0666. The normalized spacial score (nSPS) is 17.4. The van der Waals surface area contributed by atoms with Crippen LogP contribution in [0.5, 0.6) is 0 Å². The topological polar surface area (TPSA) is 52.0 Å². The first-order valence-electron chi connectivity index (χ1n) is 6.17. The maximum atomic E-state index is 5.88. The van der Waals surface area contributed by atoms with Gasteiger partial charge in [-0.15, -0.1) is 0 Å². The van der Waals surface area contributed by atoms with Crippen LogP contribution in [-0.2, 0) is 5.41 Å². The molecule has 0 aliphatic heterocycles. The van der Waals surface area contributed by atoms with Crippen molar-refractivity contribution in [3.05, 3.63) is 40.5 Å². The first-order valence-corrected chi connectivity index (χ1v) is 6.96. The van der Waals surface area contributed by atoms with Crippen LogP contribution in [0.2, 0.25) is 0 Å². The summed E-state index contributed by atoms with van der Waals surface area (Å²) in [5, 5.41) is 4.21. The van der Waals surface area contributed by atoms with Crippen molar-refractivity contribution < 1.29 is 4.52 Å². The number of benzene rings is 1. The summed E-state index contributed by atoms with van der Waals surface area (Å²) in [4.78, 5) is 0. The molecule has 3 nitrogen and oxygen atoms in total. The molecule has 1 heterocycles. The summed E-state index contributed by atoms with van der Waals surface area (Å²) in [5.41, 5.74) is 8.00. The van der Waals surface area contributed by atoms with Gasteiger partial charge in [-0.3, -0.25) is 0 Å². The lowest BCUT2D eigenvalue weighted by molar-refractivity contribution is 0.234. The molecule has 3 rings (SSSR count). The van der Waals surface area contributed by atoms with Crippen LogP contribution in [0.25, 0.3) is 11.3 Å². The van der Waals surface area contributed by atoms with Gasteiger partial charge in [-0.05, 0) is 25.0 Å². The Morgan fingerprint density at radius 3 is 2.56 bits per heavy atom. The van der Waals surface area contributed by atoms with Gasteiger partial charge >= 0.3 is 0 Å². The van der Waals surface area contributed by atoms with E-state index in [9.17, 15) is 0 Å². The summed E-state index contributed by atoms with van der Waals surface area (Å²) in [5.74, 6) is 0.817. The molecule has 0 radical (unpaired) electrons. The average Bonchev–Trinajstić information content (AvgIpc) is 2.79. The summed E-state index contributed by atoms with van der Waals surface area (Å²) in [6.45, 7) is 0.652. The van der Waals surface area contributed by atoms with Crippen molar-refractivity contribution in [3.63, 3.8) is 0 Å². The molecule has 0 saturated heterocycles. The molecule has 4 heteroatoms. The Balaban J connectivity index is 1.91. The van der Waals surface area contributed by atoms with E-state index in [1.165, 1.54) is 6.42 Å². The van der Waals surface area contributed by atoms with Crippen LogP contribution in [0, 0.1) is 0 Å². The molecule has 1 aliphatic carbocycles. The Morgan fingerprint density at radius 1 is 1.28 bits per heavy atom. The van der Waals surface area contributed by atoms with Crippen LogP contribution in [0.1, 0.15) is 25.0 Å². The van der Waals surface area contributed by atoms with Crippen molar-refractivity contribution >= 4 is 15.9 Å². The van der Waals surface area contributed by atoms with Gasteiger partial charge in [0.15, 0.2) is 5.76 Å². The van der Waals surface area contributed by atoms with Gasteiger partial charge < -0.3 is 10.3 Å². The summed E-state index contributed by atoms with van der Waals surface area (Å²) in [6, 6.07) is 10.1. The molecule has 18 heavy (non-hydrogen) atoms. The summed E-state index contributed by atoms with van der Waals surface area (Å²) in [6.07, 6.45) is 3.48. The quantitative estimate of drug-likeness (QED) is 0.944. The van der Waals surface area contributed by atoms with E-state index in [0.29, 0.717) is 6.54 Å². The monoisotopic (exact) mass is 306 g/mol. The number of halogens is 1. The molecular weight excluding hydrogens is 292 g/mol. The highest BCUT2D eigenvalue weighted by atomic mass is 79.9. The third-order valence-corrected chi connectivity index (χ3v) is 4.41. The molecule has 1 aromatic carbocycles.